The van der Waals surface area contributed by atoms with E-state index >= 15 is 0 Å². The smallest absolute Gasteiger partial charge is 0.303 e. The van der Waals surface area contributed by atoms with Crippen molar-refractivity contribution in [1.29, 1.82) is 0 Å². The minimum absolute atomic E-state index is 0. The van der Waals surface area contributed by atoms with E-state index in [1.54, 1.807) is 0 Å². The molecule has 0 aliphatic rings. The van der Waals surface area contributed by atoms with E-state index in [-0.39, 0.29) is 41.8 Å². The fraction of sp³-hybridized carbons (Fsp3) is 0.333. The van der Waals surface area contributed by atoms with Crippen LogP contribution in [0.25, 0.3) is 0 Å². The van der Waals surface area contributed by atoms with Gasteiger partial charge in [0.2, 0.25) is 0 Å². The Morgan fingerprint density at radius 3 is 2.62 bits per heavy atom. The van der Waals surface area contributed by atoms with Gasteiger partial charge in [0.05, 0.1) is 17.1 Å². The molecule has 21 heavy (non-hydrogen) atoms. The lowest BCUT2D eigenvalue weighted by atomic mass is 10.2. The molecular weight excluding hydrogens is 325 g/mol. The quantitative estimate of drug-likeness (QED) is 0.338. The fourth-order valence-electron chi connectivity index (χ4n) is 1.53. The van der Waals surface area contributed by atoms with Crippen molar-refractivity contribution in [2.45, 2.75) is 19.3 Å². The summed E-state index contributed by atoms with van der Waals surface area (Å²) in [6.45, 7) is 0.236. The third-order valence-corrected chi connectivity index (χ3v) is 2.72. The second-order valence-electron chi connectivity index (χ2n) is 3.92. The topological polar surface area (TPSA) is 107 Å². The van der Waals surface area contributed by atoms with Crippen LogP contribution in [-0.2, 0) is 4.79 Å². The number of halogens is 2. The SMILES string of the molecule is Cl.O=Cc1cc(OCCCCC(=O)O)cc(Cl)c1[N+](=O)[O-]. The predicted molar refractivity (Wildman–Crippen MR) is 77.7 cm³/mol. The Morgan fingerprint density at radius 1 is 1.43 bits per heavy atom. The number of nitro benzene ring substituents is 1. The minimum Gasteiger partial charge on any atom is -0.494 e. The molecule has 1 rings (SSSR count). The molecule has 0 radical (unpaired) electrons. The number of ether oxygens (including phenoxy) is 1. The third kappa shape index (κ3) is 5.97. The van der Waals surface area contributed by atoms with Crippen LogP contribution in [-0.4, -0.2) is 28.9 Å². The van der Waals surface area contributed by atoms with Gasteiger partial charge in [-0.2, -0.15) is 0 Å². The van der Waals surface area contributed by atoms with E-state index in [1.807, 2.05) is 0 Å². The van der Waals surface area contributed by atoms with Crippen molar-refractivity contribution in [2.24, 2.45) is 0 Å². The average Bonchev–Trinajstić information content (AvgIpc) is 2.36. The first-order chi connectivity index (χ1) is 9.45. The zero-order chi connectivity index (χ0) is 15.1. The molecule has 7 nitrogen and oxygen atoms in total. The average molecular weight is 338 g/mol. The Kier molecular flexibility index (Phi) is 8.34. The van der Waals surface area contributed by atoms with Crippen LogP contribution in [0.15, 0.2) is 12.1 Å². The lowest BCUT2D eigenvalue weighted by molar-refractivity contribution is -0.384. The zero-order valence-electron chi connectivity index (χ0n) is 10.8. The Morgan fingerprint density at radius 2 is 2.10 bits per heavy atom. The minimum atomic E-state index is -0.883. The number of carboxylic acids is 1. The van der Waals surface area contributed by atoms with Crippen LogP contribution in [0, 0.1) is 10.1 Å². The van der Waals surface area contributed by atoms with E-state index in [2.05, 4.69) is 0 Å². The summed E-state index contributed by atoms with van der Waals surface area (Å²) in [7, 11) is 0. The van der Waals surface area contributed by atoms with E-state index in [9.17, 15) is 19.7 Å². The molecule has 1 aromatic rings. The monoisotopic (exact) mass is 337 g/mol. The lowest BCUT2D eigenvalue weighted by Crippen LogP contribution is -2.02. The number of carbonyl (C=O) groups is 2. The molecule has 0 aliphatic heterocycles. The number of nitrogens with zero attached hydrogens (tertiary/aromatic N) is 1. The lowest BCUT2D eigenvalue weighted by Gasteiger charge is -2.07. The number of aliphatic carboxylic acids is 1. The normalized spacial score (nSPS) is 9.57. The van der Waals surface area contributed by atoms with Crippen molar-refractivity contribution in [3.8, 4) is 5.75 Å². The highest BCUT2D eigenvalue weighted by molar-refractivity contribution is 6.33. The Balaban J connectivity index is 0.00000400. The summed E-state index contributed by atoms with van der Waals surface area (Å²) in [5.74, 6) is -0.648. The third-order valence-electron chi connectivity index (χ3n) is 2.43. The van der Waals surface area contributed by atoms with Crippen LogP contribution >= 0.6 is 24.0 Å². The number of unbranched alkanes of at least 4 members (excludes halogenated alkanes) is 1. The van der Waals surface area contributed by atoms with Crippen LogP contribution in [0.4, 0.5) is 5.69 Å². The maximum atomic E-state index is 10.8. The summed E-state index contributed by atoms with van der Waals surface area (Å²) >= 11 is 5.73. The van der Waals surface area contributed by atoms with Gasteiger partial charge in [-0.05, 0) is 18.9 Å². The fourth-order valence-corrected chi connectivity index (χ4v) is 1.81. The van der Waals surface area contributed by atoms with Gasteiger partial charge in [0.25, 0.3) is 5.69 Å². The Bertz CT molecular complexity index is 535. The van der Waals surface area contributed by atoms with Crippen molar-refractivity contribution < 1.29 is 24.4 Å². The number of carboxylic acid groups (broad SMARTS) is 1. The Labute approximate surface area is 131 Å². The van der Waals surface area contributed by atoms with Crippen LogP contribution in [0.1, 0.15) is 29.6 Å². The van der Waals surface area contributed by atoms with E-state index in [0.29, 0.717) is 19.1 Å². The van der Waals surface area contributed by atoms with Gasteiger partial charge in [-0.15, -0.1) is 12.4 Å². The maximum absolute atomic E-state index is 10.8. The molecule has 0 aromatic heterocycles. The summed E-state index contributed by atoms with van der Waals surface area (Å²) in [5.41, 5.74) is -0.622. The molecule has 0 atom stereocenters. The number of nitro groups is 1. The van der Waals surface area contributed by atoms with Gasteiger partial charge in [-0.25, -0.2) is 0 Å². The Hall–Kier alpha value is -1.86. The molecule has 0 unspecified atom stereocenters. The molecule has 1 aromatic carbocycles. The number of aldehydes is 1. The number of carbonyl (C=O) groups excluding carboxylic acids is 1. The number of benzene rings is 1. The van der Waals surface area contributed by atoms with Crippen molar-refractivity contribution in [1.82, 2.24) is 0 Å². The predicted octanol–water partition coefficient (Wildman–Crippen LogP) is 3.12. The summed E-state index contributed by atoms with van der Waals surface area (Å²) < 4.78 is 5.29. The molecule has 0 fully saturated rings. The van der Waals surface area contributed by atoms with E-state index in [4.69, 9.17) is 21.4 Å². The molecule has 0 spiro atoms. The van der Waals surface area contributed by atoms with Gasteiger partial charge in [-0.1, -0.05) is 11.6 Å². The summed E-state index contributed by atoms with van der Waals surface area (Å²) in [6, 6.07) is 2.48. The molecule has 116 valence electrons. The van der Waals surface area contributed by atoms with Crippen molar-refractivity contribution in [3.63, 3.8) is 0 Å². The van der Waals surface area contributed by atoms with E-state index in [0.717, 1.165) is 0 Å². The number of hydrogen-bond acceptors (Lipinski definition) is 5. The maximum Gasteiger partial charge on any atom is 0.303 e. The number of rotatable bonds is 8. The second-order valence-corrected chi connectivity index (χ2v) is 4.32. The second kappa shape index (κ2) is 9.15. The number of hydrogen-bond donors (Lipinski definition) is 1. The molecule has 0 heterocycles. The molecule has 0 saturated carbocycles. The van der Waals surface area contributed by atoms with E-state index in [1.165, 1.54) is 12.1 Å². The highest BCUT2D eigenvalue weighted by Gasteiger charge is 2.20. The molecule has 9 heteroatoms. The van der Waals surface area contributed by atoms with Crippen molar-refractivity contribution in [2.75, 3.05) is 6.61 Å². The van der Waals surface area contributed by atoms with Gasteiger partial charge in [0, 0.05) is 12.5 Å². The van der Waals surface area contributed by atoms with Crippen LogP contribution in [0.5, 0.6) is 5.75 Å². The standard InChI is InChI=1S/C12H12ClNO6.ClH/c13-10-6-9(20-4-2-1-3-11(16)17)5-8(7-15)12(10)14(18)19;/h5-7H,1-4H2,(H,16,17);1H. The largest absolute Gasteiger partial charge is 0.494 e. The van der Waals surface area contributed by atoms with Gasteiger partial charge in [0.1, 0.15) is 10.8 Å². The van der Waals surface area contributed by atoms with Gasteiger partial charge in [0.15, 0.2) is 6.29 Å². The molecule has 0 saturated heterocycles. The molecule has 0 aliphatic carbocycles. The summed E-state index contributed by atoms with van der Waals surface area (Å²) in [5, 5.41) is 19.0. The van der Waals surface area contributed by atoms with Crippen molar-refractivity contribution >= 4 is 42.0 Å². The van der Waals surface area contributed by atoms with E-state index < -0.39 is 16.6 Å². The van der Waals surface area contributed by atoms with Crippen LogP contribution < -0.4 is 4.74 Å². The van der Waals surface area contributed by atoms with Gasteiger partial charge in [-0.3, -0.25) is 19.7 Å². The highest BCUT2D eigenvalue weighted by atomic mass is 35.5. The van der Waals surface area contributed by atoms with Crippen LogP contribution in [0.2, 0.25) is 5.02 Å². The molecule has 0 bridgehead atoms. The van der Waals surface area contributed by atoms with Crippen LogP contribution in [0.3, 0.4) is 0 Å². The molecule has 1 N–H and O–H groups in total. The first kappa shape index (κ1) is 19.1. The first-order valence-electron chi connectivity index (χ1n) is 5.73. The van der Waals surface area contributed by atoms with Gasteiger partial charge >= 0.3 is 5.97 Å². The highest BCUT2D eigenvalue weighted by Crippen LogP contribution is 2.32. The summed E-state index contributed by atoms with van der Waals surface area (Å²) in [6.07, 6.45) is 1.35. The van der Waals surface area contributed by atoms with Crippen molar-refractivity contribution in [3.05, 3.63) is 32.8 Å². The molecular formula is C12H13Cl2NO6. The molecule has 0 amide bonds. The first-order valence-corrected chi connectivity index (χ1v) is 6.11. The zero-order valence-corrected chi connectivity index (χ0v) is 12.4. The summed E-state index contributed by atoms with van der Waals surface area (Å²) in [4.78, 5) is 31.1. The van der Waals surface area contributed by atoms with Gasteiger partial charge < -0.3 is 9.84 Å².